The second-order valence-electron chi connectivity index (χ2n) is 6.72. The number of nitrogens with one attached hydrogen (secondary N) is 1. The topological polar surface area (TPSA) is 85.8 Å². The molecule has 0 radical (unpaired) electrons. The van der Waals surface area contributed by atoms with Crippen molar-refractivity contribution in [3.05, 3.63) is 23.4 Å². The minimum Gasteiger partial charge on any atom is -0.480 e. The van der Waals surface area contributed by atoms with E-state index in [-0.39, 0.29) is 12.6 Å². The maximum Gasteiger partial charge on any atom is 0.320 e. The van der Waals surface area contributed by atoms with Crippen LogP contribution in [0.1, 0.15) is 24.1 Å². The number of hydrogen-bond acceptors (Lipinski definition) is 4. The number of hydrogen-bond donors (Lipinski definition) is 2. The van der Waals surface area contributed by atoms with Crippen LogP contribution in [0.3, 0.4) is 0 Å². The van der Waals surface area contributed by atoms with Gasteiger partial charge in [0.25, 0.3) is 0 Å². The average molecular weight is 356 g/mol. The number of aryl methyl sites for hydroxylation is 2. The van der Waals surface area contributed by atoms with Crippen molar-refractivity contribution in [1.29, 1.82) is 0 Å². The summed E-state index contributed by atoms with van der Waals surface area (Å²) in [6.07, 6.45) is 9.07. The SMILES string of the molecule is C#C[C@H](CN1CCN(CCCc2ccc3c(n2)NCCC3)C1=O)C(=O)O. The molecule has 1 aromatic heterocycles. The van der Waals surface area contributed by atoms with Crippen molar-refractivity contribution in [2.75, 3.05) is 38.0 Å². The molecule has 2 N–H and O–H groups in total. The van der Waals surface area contributed by atoms with E-state index in [9.17, 15) is 9.59 Å². The van der Waals surface area contributed by atoms with Gasteiger partial charge >= 0.3 is 12.0 Å². The molecule has 1 fully saturated rings. The van der Waals surface area contributed by atoms with Crippen molar-refractivity contribution in [3.63, 3.8) is 0 Å². The van der Waals surface area contributed by atoms with Crippen LogP contribution in [0.4, 0.5) is 10.6 Å². The Labute approximate surface area is 153 Å². The molecule has 3 heterocycles. The molecule has 0 saturated carbocycles. The fraction of sp³-hybridized carbons (Fsp3) is 0.526. The highest BCUT2D eigenvalue weighted by molar-refractivity contribution is 5.79. The van der Waals surface area contributed by atoms with Gasteiger partial charge in [-0.25, -0.2) is 9.78 Å². The van der Waals surface area contributed by atoms with E-state index in [4.69, 9.17) is 11.5 Å². The number of amides is 2. The number of nitrogens with zero attached hydrogens (tertiary/aromatic N) is 3. The summed E-state index contributed by atoms with van der Waals surface area (Å²) >= 11 is 0. The molecule has 0 aromatic carbocycles. The van der Waals surface area contributed by atoms with Crippen molar-refractivity contribution in [3.8, 4) is 12.3 Å². The summed E-state index contributed by atoms with van der Waals surface area (Å²) in [4.78, 5) is 31.4. The maximum atomic E-state index is 12.4. The molecule has 2 amide bonds. The molecule has 0 unspecified atom stereocenters. The zero-order valence-corrected chi connectivity index (χ0v) is 14.8. The van der Waals surface area contributed by atoms with E-state index in [1.165, 1.54) is 10.5 Å². The highest BCUT2D eigenvalue weighted by atomic mass is 16.4. The molecule has 7 heteroatoms. The number of aromatic nitrogens is 1. The van der Waals surface area contributed by atoms with Crippen LogP contribution < -0.4 is 5.32 Å². The zero-order chi connectivity index (χ0) is 18.5. The predicted octanol–water partition coefficient (Wildman–Crippen LogP) is 1.44. The smallest absolute Gasteiger partial charge is 0.320 e. The minimum absolute atomic E-state index is 0.0687. The van der Waals surface area contributed by atoms with Crippen molar-refractivity contribution in [1.82, 2.24) is 14.8 Å². The zero-order valence-electron chi connectivity index (χ0n) is 14.8. The van der Waals surface area contributed by atoms with Crippen LogP contribution in [0.2, 0.25) is 0 Å². The lowest BCUT2D eigenvalue weighted by Crippen LogP contribution is -2.37. The Kier molecular flexibility index (Phi) is 5.61. The first-order chi connectivity index (χ1) is 12.6. The second kappa shape index (κ2) is 8.09. The molecule has 138 valence electrons. The number of carbonyl (C=O) groups excluding carboxylic acids is 1. The Balaban J connectivity index is 1.48. The van der Waals surface area contributed by atoms with Crippen LogP contribution >= 0.6 is 0 Å². The molecule has 1 saturated heterocycles. The highest BCUT2D eigenvalue weighted by Gasteiger charge is 2.31. The van der Waals surface area contributed by atoms with Crippen LogP contribution in [0.5, 0.6) is 0 Å². The van der Waals surface area contributed by atoms with Gasteiger partial charge in [-0.1, -0.05) is 12.0 Å². The monoisotopic (exact) mass is 356 g/mol. The number of pyridine rings is 1. The van der Waals surface area contributed by atoms with Gasteiger partial charge in [0.1, 0.15) is 11.7 Å². The van der Waals surface area contributed by atoms with Crippen LogP contribution in [0, 0.1) is 18.3 Å². The third-order valence-corrected chi connectivity index (χ3v) is 4.90. The number of carboxylic acids is 1. The summed E-state index contributed by atoms with van der Waals surface area (Å²) in [5.41, 5.74) is 2.30. The van der Waals surface area contributed by atoms with Crippen molar-refractivity contribution in [2.45, 2.75) is 25.7 Å². The maximum absolute atomic E-state index is 12.4. The van der Waals surface area contributed by atoms with Crippen LogP contribution in [0.25, 0.3) is 0 Å². The van der Waals surface area contributed by atoms with E-state index in [0.29, 0.717) is 19.6 Å². The Morgan fingerprint density at radius 1 is 1.38 bits per heavy atom. The number of carbonyl (C=O) groups is 2. The van der Waals surface area contributed by atoms with Crippen LogP contribution in [0.15, 0.2) is 12.1 Å². The van der Waals surface area contributed by atoms with Gasteiger partial charge in [-0.3, -0.25) is 4.79 Å². The fourth-order valence-electron chi connectivity index (χ4n) is 3.39. The third kappa shape index (κ3) is 4.07. The molecule has 1 atom stereocenters. The van der Waals surface area contributed by atoms with Crippen molar-refractivity contribution in [2.24, 2.45) is 5.92 Å². The lowest BCUT2D eigenvalue weighted by Gasteiger charge is -2.20. The second-order valence-corrected chi connectivity index (χ2v) is 6.72. The van der Waals surface area contributed by atoms with E-state index < -0.39 is 11.9 Å². The van der Waals surface area contributed by atoms with Gasteiger partial charge in [0.05, 0.1) is 0 Å². The predicted molar refractivity (Wildman–Crippen MR) is 97.9 cm³/mol. The van der Waals surface area contributed by atoms with Gasteiger partial charge in [-0.05, 0) is 37.3 Å². The Morgan fingerprint density at radius 2 is 2.19 bits per heavy atom. The number of terminal acetylenes is 1. The van der Waals surface area contributed by atoms with Crippen LogP contribution in [-0.4, -0.2) is 64.6 Å². The number of rotatable bonds is 7. The summed E-state index contributed by atoms with van der Waals surface area (Å²) in [5, 5.41) is 12.4. The molecular formula is C19H24N4O3. The van der Waals surface area contributed by atoms with E-state index in [2.05, 4.69) is 28.4 Å². The molecule has 2 aliphatic heterocycles. The number of urea groups is 1. The van der Waals surface area contributed by atoms with E-state index in [1.807, 2.05) is 0 Å². The Morgan fingerprint density at radius 3 is 2.96 bits per heavy atom. The van der Waals surface area contributed by atoms with E-state index in [0.717, 1.165) is 43.7 Å². The molecule has 1 aromatic rings. The summed E-state index contributed by atoms with van der Waals surface area (Å²) in [6, 6.07) is 4.07. The molecule has 0 bridgehead atoms. The van der Waals surface area contributed by atoms with E-state index in [1.54, 1.807) is 4.90 Å². The Bertz CT molecular complexity index is 728. The third-order valence-electron chi connectivity index (χ3n) is 4.90. The Hall–Kier alpha value is -2.75. The summed E-state index contributed by atoms with van der Waals surface area (Å²) in [5.74, 6) is 1.20. The molecular weight excluding hydrogens is 332 g/mol. The van der Waals surface area contributed by atoms with Gasteiger partial charge in [0.2, 0.25) is 0 Å². The molecule has 7 nitrogen and oxygen atoms in total. The van der Waals surface area contributed by atoms with Crippen molar-refractivity contribution < 1.29 is 14.7 Å². The van der Waals surface area contributed by atoms with Gasteiger partial charge in [0.15, 0.2) is 0 Å². The van der Waals surface area contributed by atoms with Gasteiger partial charge in [-0.15, -0.1) is 6.42 Å². The number of fused-ring (bicyclic) bond motifs is 1. The highest BCUT2D eigenvalue weighted by Crippen LogP contribution is 2.20. The summed E-state index contributed by atoms with van der Waals surface area (Å²) < 4.78 is 0. The van der Waals surface area contributed by atoms with Gasteiger partial charge < -0.3 is 20.2 Å². The quantitative estimate of drug-likeness (QED) is 0.722. The van der Waals surface area contributed by atoms with Gasteiger partial charge in [0, 0.05) is 38.4 Å². The molecule has 0 spiro atoms. The lowest BCUT2D eigenvalue weighted by molar-refractivity contribution is -0.140. The standard InChI is InChI=1S/C19H24N4O3/c1-2-14(18(24)25)13-23-12-11-22(19(23)26)10-4-6-16-8-7-15-5-3-9-20-17(15)21-16/h1,7-8,14H,3-6,9-13H2,(H,20,21)(H,24,25)/t14-/m1/s1. The van der Waals surface area contributed by atoms with E-state index >= 15 is 0 Å². The molecule has 26 heavy (non-hydrogen) atoms. The normalized spacial score (nSPS) is 17.4. The van der Waals surface area contributed by atoms with Crippen LogP contribution in [-0.2, 0) is 17.6 Å². The lowest BCUT2D eigenvalue weighted by atomic mass is 10.1. The number of anilines is 1. The first-order valence-electron chi connectivity index (χ1n) is 9.04. The first-order valence-corrected chi connectivity index (χ1v) is 9.04. The van der Waals surface area contributed by atoms with Gasteiger partial charge in [-0.2, -0.15) is 0 Å². The summed E-state index contributed by atoms with van der Waals surface area (Å²) in [7, 11) is 0. The number of carboxylic acid groups (broad SMARTS) is 1. The molecule has 0 aliphatic carbocycles. The molecule has 3 rings (SSSR count). The first kappa shape index (κ1) is 18.1. The largest absolute Gasteiger partial charge is 0.480 e. The minimum atomic E-state index is -1.06. The molecule has 2 aliphatic rings. The fourth-order valence-corrected chi connectivity index (χ4v) is 3.39. The average Bonchev–Trinajstić information content (AvgIpc) is 2.99. The van der Waals surface area contributed by atoms with Crippen molar-refractivity contribution >= 4 is 17.8 Å². The summed E-state index contributed by atoms with van der Waals surface area (Å²) in [6.45, 7) is 2.80. The number of aliphatic carboxylic acids is 1.